The summed E-state index contributed by atoms with van der Waals surface area (Å²) in [5.41, 5.74) is 3.84. The zero-order valence-corrected chi connectivity index (χ0v) is 13.8. The lowest BCUT2D eigenvalue weighted by molar-refractivity contribution is 0.0810. The van der Waals surface area contributed by atoms with Crippen LogP contribution >= 0.6 is 0 Å². The molecule has 26 heavy (non-hydrogen) atoms. The predicted molar refractivity (Wildman–Crippen MR) is 97.8 cm³/mol. The molecular formula is C23H14O3. The Morgan fingerprint density at radius 3 is 1.92 bits per heavy atom. The van der Waals surface area contributed by atoms with Crippen molar-refractivity contribution in [3.63, 3.8) is 0 Å². The number of allylic oxidation sites excluding steroid dienone is 2. The molecule has 3 aromatic carbocycles. The standard InChI is InChI=1S/C23H14O3/c24-20-16-11-5-6-12-17(16)21(25)23-19(20)15-10-4-7-13-18(15)22(26-23)14-8-2-1-3-9-14/h1-13,22H. The first-order valence-corrected chi connectivity index (χ1v) is 8.49. The third-order valence-corrected chi connectivity index (χ3v) is 4.93. The SMILES string of the molecule is O=C1C2=C(C(=O)c3ccccc31)c1ccccc1C(c1ccccc1)O2. The number of hydrogen-bond acceptors (Lipinski definition) is 3. The van der Waals surface area contributed by atoms with Crippen molar-refractivity contribution in [2.24, 2.45) is 0 Å². The van der Waals surface area contributed by atoms with Crippen molar-refractivity contribution >= 4 is 17.1 Å². The van der Waals surface area contributed by atoms with Crippen LogP contribution in [0, 0.1) is 0 Å². The summed E-state index contributed by atoms with van der Waals surface area (Å²) >= 11 is 0. The Morgan fingerprint density at radius 1 is 0.615 bits per heavy atom. The van der Waals surface area contributed by atoms with Gasteiger partial charge in [0.25, 0.3) is 0 Å². The van der Waals surface area contributed by atoms with Gasteiger partial charge in [0, 0.05) is 16.7 Å². The maximum absolute atomic E-state index is 13.1. The number of benzene rings is 3. The van der Waals surface area contributed by atoms with E-state index in [0.29, 0.717) is 16.7 Å². The minimum atomic E-state index is -0.409. The molecule has 3 nitrogen and oxygen atoms in total. The van der Waals surface area contributed by atoms with E-state index in [-0.39, 0.29) is 17.3 Å². The van der Waals surface area contributed by atoms with Gasteiger partial charge in [-0.2, -0.15) is 0 Å². The maximum atomic E-state index is 13.1. The van der Waals surface area contributed by atoms with Gasteiger partial charge >= 0.3 is 0 Å². The molecule has 124 valence electrons. The van der Waals surface area contributed by atoms with E-state index in [1.165, 1.54) is 0 Å². The summed E-state index contributed by atoms with van der Waals surface area (Å²) in [6.07, 6.45) is -0.409. The second-order valence-electron chi connectivity index (χ2n) is 6.40. The van der Waals surface area contributed by atoms with Crippen LogP contribution in [0.15, 0.2) is 84.6 Å². The summed E-state index contributed by atoms with van der Waals surface area (Å²) in [6, 6.07) is 24.3. The van der Waals surface area contributed by atoms with Crippen LogP contribution in [-0.4, -0.2) is 11.6 Å². The zero-order valence-electron chi connectivity index (χ0n) is 13.8. The Kier molecular flexibility index (Phi) is 3.16. The fourth-order valence-corrected chi connectivity index (χ4v) is 3.72. The molecular weight excluding hydrogens is 324 g/mol. The van der Waals surface area contributed by atoms with Crippen molar-refractivity contribution in [1.82, 2.24) is 0 Å². The van der Waals surface area contributed by atoms with E-state index >= 15 is 0 Å². The highest BCUT2D eigenvalue weighted by atomic mass is 16.5. The van der Waals surface area contributed by atoms with Gasteiger partial charge in [-0.15, -0.1) is 0 Å². The highest BCUT2D eigenvalue weighted by Crippen LogP contribution is 2.44. The molecule has 2 aliphatic rings. The summed E-state index contributed by atoms with van der Waals surface area (Å²) in [5.74, 6) is -0.235. The van der Waals surface area contributed by atoms with Gasteiger partial charge in [0.1, 0.15) is 6.10 Å². The number of Topliss-reactive ketones (excluding diaryl/α,β-unsaturated/α-hetero) is 2. The second-order valence-corrected chi connectivity index (χ2v) is 6.40. The van der Waals surface area contributed by atoms with Crippen molar-refractivity contribution in [3.05, 3.63) is 112 Å². The van der Waals surface area contributed by atoms with Gasteiger partial charge in [-0.3, -0.25) is 9.59 Å². The molecule has 1 aliphatic carbocycles. The summed E-state index contributed by atoms with van der Waals surface area (Å²) in [5, 5.41) is 0. The van der Waals surface area contributed by atoms with E-state index in [1.807, 2.05) is 54.6 Å². The molecule has 3 aromatic rings. The van der Waals surface area contributed by atoms with E-state index in [2.05, 4.69) is 0 Å². The molecule has 0 aromatic heterocycles. The molecule has 1 heterocycles. The normalized spacial score (nSPS) is 17.9. The summed E-state index contributed by atoms with van der Waals surface area (Å²) in [6.45, 7) is 0. The molecule has 0 N–H and O–H groups in total. The van der Waals surface area contributed by atoms with Crippen LogP contribution in [0.1, 0.15) is 43.5 Å². The van der Waals surface area contributed by atoms with E-state index in [4.69, 9.17) is 4.74 Å². The molecule has 0 radical (unpaired) electrons. The van der Waals surface area contributed by atoms with Crippen LogP contribution in [0.5, 0.6) is 0 Å². The Morgan fingerprint density at radius 2 is 1.19 bits per heavy atom. The third kappa shape index (κ3) is 2.01. The average Bonchev–Trinajstić information content (AvgIpc) is 2.71. The molecule has 1 unspecified atom stereocenters. The summed E-state index contributed by atoms with van der Waals surface area (Å²) in [4.78, 5) is 26.2. The highest BCUT2D eigenvalue weighted by molar-refractivity contribution is 6.40. The Labute approximate surface area is 150 Å². The van der Waals surface area contributed by atoms with Crippen molar-refractivity contribution < 1.29 is 14.3 Å². The summed E-state index contributed by atoms with van der Waals surface area (Å²) in [7, 11) is 0. The number of hydrogen-bond donors (Lipinski definition) is 0. The first kappa shape index (κ1) is 14.8. The van der Waals surface area contributed by atoms with Gasteiger partial charge in [-0.25, -0.2) is 0 Å². The first-order valence-electron chi connectivity index (χ1n) is 8.49. The average molecular weight is 338 g/mol. The molecule has 1 atom stereocenters. The van der Waals surface area contributed by atoms with Crippen LogP contribution in [-0.2, 0) is 4.74 Å². The van der Waals surface area contributed by atoms with Gasteiger partial charge in [-0.1, -0.05) is 78.9 Å². The van der Waals surface area contributed by atoms with Crippen LogP contribution < -0.4 is 0 Å². The fraction of sp³-hybridized carbons (Fsp3) is 0.0435. The van der Waals surface area contributed by atoms with Gasteiger partial charge in [-0.05, 0) is 11.1 Å². The Bertz CT molecular complexity index is 1090. The number of rotatable bonds is 1. The molecule has 0 fully saturated rings. The van der Waals surface area contributed by atoms with Gasteiger partial charge in [0.05, 0.1) is 5.57 Å². The smallest absolute Gasteiger partial charge is 0.229 e. The number of fused-ring (bicyclic) bond motifs is 3. The monoisotopic (exact) mass is 338 g/mol. The summed E-state index contributed by atoms with van der Waals surface area (Å²) < 4.78 is 6.15. The quantitative estimate of drug-likeness (QED) is 0.651. The number of carbonyl (C=O) groups excluding carboxylic acids is 2. The number of ketones is 2. The van der Waals surface area contributed by atoms with Crippen LogP contribution in [0.2, 0.25) is 0 Å². The molecule has 0 amide bonds. The Balaban J connectivity index is 1.76. The number of carbonyl (C=O) groups is 2. The Hall–Kier alpha value is -3.46. The maximum Gasteiger partial charge on any atom is 0.229 e. The fourth-order valence-electron chi connectivity index (χ4n) is 3.72. The van der Waals surface area contributed by atoms with E-state index in [9.17, 15) is 9.59 Å². The minimum absolute atomic E-state index is 0.154. The lowest BCUT2D eigenvalue weighted by Crippen LogP contribution is -2.28. The molecule has 0 saturated carbocycles. The van der Waals surface area contributed by atoms with E-state index < -0.39 is 6.10 Å². The van der Waals surface area contributed by atoms with Gasteiger partial charge in [0.2, 0.25) is 5.78 Å². The van der Waals surface area contributed by atoms with Crippen molar-refractivity contribution in [3.8, 4) is 0 Å². The minimum Gasteiger partial charge on any atom is -0.476 e. The second kappa shape index (κ2) is 5.53. The molecule has 1 aliphatic heterocycles. The zero-order chi connectivity index (χ0) is 17.7. The molecule has 5 rings (SSSR count). The van der Waals surface area contributed by atoms with Gasteiger partial charge < -0.3 is 4.74 Å². The largest absolute Gasteiger partial charge is 0.476 e. The van der Waals surface area contributed by atoms with Crippen molar-refractivity contribution in [2.45, 2.75) is 6.10 Å². The van der Waals surface area contributed by atoms with Crippen molar-refractivity contribution in [2.75, 3.05) is 0 Å². The van der Waals surface area contributed by atoms with Crippen LogP contribution in [0.25, 0.3) is 5.57 Å². The lowest BCUT2D eigenvalue weighted by atomic mass is 9.80. The third-order valence-electron chi connectivity index (χ3n) is 4.93. The van der Waals surface area contributed by atoms with Gasteiger partial charge in [0.15, 0.2) is 11.5 Å². The van der Waals surface area contributed by atoms with Crippen molar-refractivity contribution in [1.29, 1.82) is 0 Å². The van der Waals surface area contributed by atoms with Crippen LogP contribution in [0.3, 0.4) is 0 Å². The molecule has 0 spiro atoms. The van der Waals surface area contributed by atoms with Crippen LogP contribution in [0.4, 0.5) is 0 Å². The van der Waals surface area contributed by atoms with E-state index in [0.717, 1.165) is 16.7 Å². The lowest BCUT2D eigenvalue weighted by Gasteiger charge is -2.32. The number of ether oxygens (including phenoxy) is 1. The topological polar surface area (TPSA) is 43.4 Å². The highest BCUT2D eigenvalue weighted by Gasteiger charge is 2.40. The first-order chi connectivity index (χ1) is 12.8. The molecule has 0 bridgehead atoms. The predicted octanol–water partition coefficient (Wildman–Crippen LogP) is 4.60. The molecule has 0 saturated heterocycles. The molecule has 3 heteroatoms. The van der Waals surface area contributed by atoms with E-state index in [1.54, 1.807) is 24.3 Å².